The Hall–Kier alpha value is -2.63. The normalized spacial score (nSPS) is 15.4. The highest BCUT2D eigenvalue weighted by atomic mass is 16.2. The molecule has 0 saturated carbocycles. The molecule has 0 aliphatic carbocycles. The van der Waals surface area contributed by atoms with Crippen molar-refractivity contribution in [1.29, 1.82) is 0 Å². The number of aryl methyl sites for hydroxylation is 2. The van der Waals surface area contributed by atoms with E-state index in [-0.39, 0.29) is 17.2 Å². The minimum atomic E-state index is -0.286. The first-order valence-corrected chi connectivity index (χ1v) is 8.56. The monoisotopic (exact) mass is 340 g/mol. The maximum absolute atomic E-state index is 12.6. The van der Waals surface area contributed by atoms with Gasteiger partial charge in [0.15, 0.2) is 0 Å². The number of anilines is 1. The lowest BCUT2D eigenvalue weighted by atomic mass is 9.77. The second-order valence-electron chi connectivity index (χ2n) is 7.14. The van der Waals surface area contributed by atoms with E-state index in [0.29, 0.717) is 18.5 Å². The first kappa shape index (κ1) is 17.2. The highest BCUT2D eigenvalue weighted by Crippen LogP contribution is 2.37. The van der Waals surface area contributed by atoms with Crippen LogP contribution < -0.4 is 10.6 Å². The second kappa shape index (κ2) is 6.35. The number of fused-ring (bicyclic) bond motifs is 1. The third-order valence-corrected chi connectivity index (χ3v) is 4.60. The second-order valence-corrected chi connectivity index (χ2v) is 7.14. The molecular weight excluding hydrogens is 316 g/mol. The summed E-state index contributed by atoms with van der Waals surface area (Å²) in [4.78, 5) is 24.3. The first-order valence-electron chi connectivity index (χ1n) is 8.56. The number of aromatic nitrogens is 2. The van der Waals surface area contributed by atoms with Crippen LogP contribution in [-0.4, -0.2) is 21.6 Å². The van der Waals surface area contributed by atoms with Crippen LogP contribution in [0, 0.1) is 6.92 Å². The van der Waals surface area contributed by atoms with Gasteiger partial charge in [-0.1, -0.05) is 13.8 Å². The molecule has 6 nitrogen and oxygen atoms in total. The molecule has 0 fully saturated rings. The molecule has 0 unspecified atom stereocenters. The predicted octanol–water partition coefficient (Wildman–Crippen LogP) is 2.76. The lowest BCUT2D eigenvalue weighted by Crippen LogP contribution is -2.33. The summed E-state index contributed by atoms with van der Waals surface area (Å²) in [6, 6.07) is 7.42. The van der Waals surface area contributed by atoms with E-state index in [1.807, 2.05) is 50.6 Å². The Kier molecular flexibility index (Phi) is 4.37. The molecule has 6 heteroatoms. The van der Waals surface area contributed by atoms with Crippen LogP contribution in [0.5, 0.6) is 0 Å². The first-order chi connectivity index (χ1) is 11.8. The van der Waals surface area contributed by atoms with Crippen LogP contribution in [0.3, 0.4) is 0 Å². The fraction of sp³-hybridized carbons (Fsp3) is 0.421. The average Bonchev–Trinajstić information content (AvgIpc) is 2.91. The number of nitrogens with zero attached hydrogens (tertiary/aromatic N) is 2. The van der Waals surface area contributed by atoms with Crippen molar-refractivity contribution in [2.45, 2.75) is 52.6 Å². The van der Waals surface area contributed by atoms with E-state index in [0.717, 1.165) is 29.2 Å². The molecule has 0 bridgehead atoms. The largest absolute Gasteiger partial charge is 0.346 e. The summed E-state index contributed by atoms with van der Waals surface area (Å²) in [7, 11) is 0. The number of hydrogen-bond acceptors (Lipinski definition) is 3. The van der Waals surface area contributed by atoms with Gasteiger partial charge in [-0.3, -0.25) is 14.3 Å². The van der Waals surface area contributed by atoms with Gasteiger partial charge in [-0.25, -0.2) is 0 Å². The third kappa shape index (κ3) is 3.43. The number of benzene rings is 1. The molecule has 25 heavy (non-hydrogen) atoms. The SMILES string of the molecule is CCn1nc(C)cc1CNC(=O)c1ccc2c(c1)C(C)(C)CC(=O)N2. The minimum Gasteiger partial charge on any atom is -0.346 e. The van der Waals surface area contributed by atoms with Gasteiger partial charge in [-0.15, -0.1) is 0 Å². The molecule has 1 aromatic carbocycles. The van der Waals surface area contributed by atoms with E-state index < -0.39 is 0 Å². The Labute approximate surface area is 147 Å². The molecule has 3 rings (SSSR count). The molecule has 1 aliphatic rings. The number of carbonyl (C=O) groups is 2. The topological polar surface area (TPSA) is 76.0 Å². The van der Waals surface area contributed by atoms with E-state index >= 15 is 0 Å². The quantitative estimate of drug-likeness (QED) is 0.898. The van der Waals surface area contributed by atoms with E-state index in [9.17, 15) is 9.59 Å². The van der Waals surface area contributed by atoms with Gasteiger partial charge in [0.05, 0.1) is 17.9 Å². The number of nitrogens with one attached hydrogen (secondary N) is 2. The number of amides is 2. The summed E-state index contributed by atoms with van der Waals surface area (Å²) in [5.74, 6) is -0.116. The Balaban J connectivity index is 1.78. The Morgan fingerprint density at radius 3 is 2.84 bits per heavy atom. The van der Waals surface area contributed by atoms with Crippen LogP contribution in [-0.2, 0) is 23.3 Å². The summed E-state index contributed by atoms with van der Waals surface area (Å²) in [5.41, 5.74) is 4.02. The molecule has 2 N–H and O–H groups in total. The molecule has 2 amide bonds. The van der Waals surface area contributed by atoms with Crippen LogP contribution in [0.15, 0.2) is 24.3 Å². The maximum Gasteiger partial charge on any atom is 0.251 e. The highest BCUT2D eigenvalue weighted by molar-refractivity contribution is 5.98. The molecule has 0 saturated heterocycles. The van der Waals surface area contributed by atoms with Crippen molar-refractivity contribution in [2.24, 2.45) is 0 Å². The molecule has 0 radical (unpaired) electrons. The van der Waals surface area contributed by atoms with Gasteiger partial charge >= 0.3 is 0 Å². The molecule has 0 spiro atoms. The van der Waals surface area contributed by atoms with Crippen LogP contribution >= 0.6 is 0 Å². The van der Waals surface area contributed by atoms with Gasteiger partial charge in [0.25, 0.3) is 5.91 Å². The van der Waals surface area contributed by atoms with E-state index in [1.54, 1.807) is 6.07 Å². The van der Waals surface area contributed by atoms with Gasteiger partial charge in [0.2, 0.25) is 5.91 Å². The van der Waals surface area contributed by atoms with E-state index in [1.165, 1.54) is 0 Å². The Morgan fingerprint density at radius 1 is 1.36 bits per heavy atom. The van der Waals surface area contributed by atoms with Crippen LogP contribution in [0.1, 0.15) is 54.5 Å². The van der Waals surface area contributed by atoms with Crippen LogP contribution in [0.25, 0.3) is 0 Å². The lowest BCUT2D eigenvalue weighted by Gasteiger charge is -2.32. The predicted molar refractivity (Wildman–Crippen MR) is 96.5 cm³/mol. The van der Waals surface area contributed by atoms with Gasteiger partial charge in [0, 0.05) is 29.6 Å². The van der Waals surface area contributed by atoms with Crippen LogP contribution in [0.4, 0.5) is 5.69 Å². The van der Waals surface area contributed by atoms with Gasteiger partial charge in [-0.05, 0) is 43.7 Å². The Morgan fingerprint density at radius 2 is 2.12 bits per heavy atom. The third-order valence-electron chi connectivity index (χ3n) is 4.60. The zero-order valence-corrected chi connectivity index (χ0v) is 15.1. The number of carbonyl (C=O) groups excluding carboxylic acids is 2. The summed E-state index contributed by atoms with van der Waals surface area (Å²) < 4.78 is 1.89. The zero-order valence-electron chi connectivity index (χ0n) is 15.1. The summed E-state index contributed by atoms with van der Waals surface area (Å²) >= 11 is 0. The summed E-state index contributed by atoms with van der Waals surface area (Å²) in [6.07, 6.45) is 0.417. The van der Waals surface area contributed by atoms with E-state index in [4.69, 9.17) is 0 Å². The van der Waals surface area contributed by atoms with Gasteiger partial charge in [0.1, 0.15) is 0 Å². The van der Waals surface area contributed by atoms with Crippen molar-refractivity contribution in [3.8, 4) is 0 Å². The molecule has 1 aliphatic heterocycles. The van der Waals surface area contributed by atoms with Crippen molar-refractivity contribution < 1.29 is 9.59 Å². The van der Waals surface area contributed by atoms with E-state index in [2.05, 4.69) is 15.7 Å². The van der Waals surface area contributed by atoms with Crippen molar-refractivity contribution >= 4 is 17.5 Å². The van der Waals surface area contributed by atoms with Crippen molar-refractivity contribution in [3.63, 3.8) is 0 Å². The Bertz CT molecular complexity index is 836. The van der Waals surface area contributed by atoms with Crippen molar-refractivity contribution in [1.82, 2.24) is 15.1 Å². The zero-order chi connectivity index (χ0) is 18.2. The van der Waals surface area contributed by atoms with Crippen molar-refractivity contribution in [3.05, 3.63) is 46.8 Å². The molecule has 2 aromatic rings. The fourth-order valence-corrected chi connectivity index (χ4v) is 3.33. The fourth-order valence-electron chi connectivity index (χ4n) is 3.33. The average molecular weight is 340 g/mol. The van der Waals surface area contributed by atoms with Crippen molar-refractivity contribution in [2.75, 3.05) is 5.32 Å². The lowest BCUT2D eigenvalue weighted by molar-refractivity contribution is -0.117. The maximum atomic E-state index is 12.6. The standard InChI is InChI=1S/C19H24N4O2/c1-5-23-14(8-12(2)22-23)11-20-18(25)13-6-7-16-15(9-13)19(3,4)10-17(24)21-16/h6-9H,5,10-11H2,1-4H3,(H,20,25)(H,21,24). The van der Waals surface area contributed by atoms with Gasteiger partial charge < -0.3 is 10.6 Å². The summed E-state index contributed by atoms with van der Waals surface area (Å²) in [6.45, 7) is 9.22. The van der Waals surface area contributed by atoms with Gasteiger partial charge in [-0.2, -0.15) is 5.10 Å². The molecule has 2 heterocycles. The minimum absolute atomic E-state index is 0.0119. The summed E-state index contributed by atoms with van der Waals surface area (Å²) in [5, 5.41) is 10.2. The smallest absolute Gasteiger partial charge is 0.251 e. The molecular formula is C19H24N4O2. The highest BCUT2D eigenvalue weighted by Gasteiger charge is 2.32. The molecule has 1 aromatic heterocycles. The van der Waals surface area contributed by atoms with Crippen LogP contribution in [0.2, 0.25) is 0 Å². The number of rotatable bonds is 4. The molecule has 132 valence electrons. The number of hydrogen-bond donors (Lipinski definition) is 2. The molecule has 0 atom stereocenters.